The van der Waals surface area contributed by atoms with Crippen LogP contribution in [0.4, 0.5) is 0 Å². The molecule has 0 unspecified atom stereocenters. The molecule has 0 aliphatic carbocycles. The van der Waals surface area contributed by atoms with Crippen LogP contribution in [0.5, 0.6) is 5.75 Å². The Morgan fingerprint density at radius 2 is 1.28 bits per heavy atom. The number of nitrogens with two attached hydrogens (primary N) is 1. The summed E-state index contributed by atoms with van der Waals surface area (Å²) in [6, 6.07) is 7.77. The number of ketones is 8. The molecule has 6 amide bonds. The van der Waals surface area contributed by atoms with Crippen molar-refractivity contribution in [1.82, 2.24) is 69.2 Å². The number of hydrogen-bond donors (Lipinski definition) is 17. The number of para-hydroxylation sites is 1. The van der Waals surface area contributed by atoms with Crippen molar-refractivity contribution in [2.24, 2.45) is 17.6 Å². The first-order valence-corrected chi connectivity index (χ1v) is 40.0. The van der Waals surface area contributed by atoms with Crippen molar-refractivity contribution in [2.45, 2.75) is 275 Å². The summed E-state index contributed by atoms with van der Waals surface area (Å²) >= 11 is 0. The van der Waals surface area contributed by atoms with Crippen LogP contribution in [0.25, 0.3) is 10.9 Å². The van der Waals surface area contributed by atoms with Crippen LogP contribution in [0, 0.1) is 11.8 Å². The number of primary amides is 1. The zero-order valence-electron chi connectivity index (χ0n) is 68.6. The Morgan fingerprint density at radius 1 is 0.647 bits per heavy atom. The SMILES string of the molecule is CN[C@@H](C)C(=O)CC(=O)[C@]1(C)CCCC=CCCCCCC[C@@](C)(NN[C@@H](Cc2ccccc2)C(=O)C(=O)[C@@H](NC(=O)[C@H](CC(C)C)NC(C)=O)[C@@H](C)O)C(=O)C(=O)[C@H](CCC(=O)O)NC(=O)[C@H](Cc2ccc(O)cc2)NN[C@@H](Cc2c[nH]c3ccccc23)C(=O)CC(=O)[C@H](C)NCN[C@@H](CCC(N)=O)C(=O)N[C@@H](CC(C)C)C(=O)N1. The number of aromatic nitrogens is 1. The van der Waals surface area contributed by atoms with Crippen LogP contribution in [0.1, 0.15) is 195 Å². The van der Waals surface area contributed by atoms with Gasteiger partial charge in [-0.15, -0.1) is 0 Å². The molecule has 0 fully saturated rings. The van der Waals surface area contributed by atoms with Crippen molar-refractivity contribution in [3.63, 3.8) is 0 Å². The number of hydrazine groups is 2. The molecule has 32 nitrogen and oxygen atoms in total. The van der Waals surface area contributed by atoms with E-state index < -0.39 is 191 Å². The minimum Gasteiger partial charge on any atom is -0.508 e. The first-order chi connectivity index (χ1) is 54.8. The highest BCUT2D eigenvalue weighted by Gasteiger charge is 2.44. The van der Waals surface area contributed by atoms with Crippen LogP contribution in [-0.2, 0) is 91.2 Å². The molecule has 1 aliphatic heterocycles. The van der Waals surface area contributed by atoms with Crippen LogP contribution in [0.3, 0.4) is 0 Å². The molecule has 4 aromatic rings. The third-order valence-corrected chi connectivity index (χ3v) is 20.6. The fraction of sp³-hybridized carbons (Fsp3) is 0.560. The number of allylic oxidation sites excluding steroid dienone is 2. The lowest BCUT2D eigenvalue weighted by atomic mass is 9.85. The first kappa shape index (κ1) is 96.7. The van der Waals surface area contributed by atoms with E-state index in [-0.39, 0.29) is 88.5 Å². The first-order valence-electron chi connectivity index (χ1n) is 40.0. The van der Waals surface area contributed by atoms with Gasteiger partial charge in [-0.25, -0.2) is 21.7 Å². The summed E-state index contributed by atoms with van der Waals surface area (Å²) in [5, 5.41) is 54.4. The summed E-state index contributed by atoms with van der Waals surface area (Å²) in [7, 11) is 1.57. The Hall–Kier alpha value is -9.93. The van der Waals surface area contributed by atoms with Gasteiger partial charge < -0.3 is 57.9 Å². The number of phenols is 1. The number of nitrogens with one attached hydrogen (secondary N) is 13. The average Bonchev–Trinajstić information content (AvgIpc) is 1.48. The minimum absolute atomic E-state index is 0.0792. The number of Topliss-reactive ketones (excluding diaryl/α,β-unsaturated/α-hetero) is 8. The number of fused-ring (bicyclic) bond motifs is 1. The molecule has 0 bridgehead atoms. The smallest absolute Gasteiger partial charge is 0.303 e. The number of likely N-dealkylation sites (N-methyl/N-ethyl adjacent to an activating group) is 1. The molecule has 0 radical (unpaired) electrons. The van der Waals surface area contributed by atoms with Crippen LogP contribution in [0.15, 0.2) is 97.2 Å². The van der Waals surface area contributed by atoms with Crippen LogP contribution in [0.2, 0.25) is 0 Å². The van der Waals surface area contributed by atoms with Crippen molar-refractivity contribution in [1.29, 1.82) is 0 Å². The minimum atomic E-state index is -2.05. The van der Waals surface area contributed by atoms with Gasteiger partial charge in [0.05, 0.1) is 66.3 Å². The van der Waals surface area contributed by atoms with Crippen molar-refractivity contribution >= 4 is 98.6 Å². The zero-order valence-corrected chi connectivity index (χ0v) is 68.6. The van der Waals surface area contributed by atoms with E-state index in [1.54, 1.807) is 76.5 Å². The maximum atomic E-state index is 15.5. The van der Waals surface area contributed by atoms with Gasteiger partial charge in [-0.2, -0.15) is 0 Å². The van der Waals surface area contributed by atoms with Gasteiger partial charge in [0.15, 0.2) is 23.1 Å². The Balaban J connectivity index is 1.61. The van der Waals surface area contributed by atoms with Gasteiger partial charge in [-0.1, -0.05) is 120 Å². The monoisotopic (exact) mass is 1610 g/mol. The second kappa shape index (κ2) is 47.9. The third-order valence-electron chi connectivity index (χ3n) is 20.6. The molecule has 0 saturated carbocycles. The van der Waals surface area contributed by atoms with Gasteiger partial charge >= 0.3 is 5.97 Å². The fourth-order valence-electron chi connectivity index (χ4n) is 13.4. The Bertz CT molecular complexity index is 4050. The highest BCUT2D eigenvalue weighted by Crippen LogP contribution is 2.25. The molecule has 0 saturated heterocycles. The van der Waals surface area contributed by atoms with E-state index in [4.69, 9.17) is 5.73 Å². The summed E-state index contributed by atoms with van der Waals surface area (Å²) in [4.78, 5) is 215. The van der Waals surface area contributed by atoms with Crippen LogP contribution in [-0.4, -0.2) is 199 Å². The second-order valence-electron chi connectivity index (χ2n) is 31.6. The zero-order chi connectivity index (χ0) is 86.0. The number of aliphatic hydroxyl groups excluding tert-OH is 1. The number of carboxylic acid groups (broad SMARTS) is 1. The molecule has 18 N–H and O–H groups in total. The number of aliphatic carboxylic acids is 1. The van der Waals surface area contributed by atoms with Gasteiger partial charge in [-0.05, 0) is 172 Å². The van der Waals surface area contributed by atoms with Gasteiger partial charge in [0, 0.05) is 43.5 Å². The fourth-order valence-corrected chi connectivity index (χ4v) is 13.4. The van der Waals surface area contributed by atoms with E-state index >= 15 is 14.4 Å². The lowest BCUT2D eigenvalue weighted by molar-refractivity contribution is -0.144. The highest BCUT2D eigenvalue weighted by atomic mass is 16.4. The molecule has 13 atom stereocenters. The summed E-state index contributed by atoms with van der Waals surface area (Å²) in [6.07, 6.45) is 3.46. The van der Waals surface area contributed by atoms with Crippen molar-refractivity contribution in [3.8, 4) is 5.75 Å². The molecule has 1 aliphatic rings. The normalized spacial score (nSPS) is 23.0. The number of rotatable bonds is 31. The molecule has 5 rings (SSSR count). The van der Waals surface area contributed by atoms with E-state index in [2.05, 4.69) is 69.2 Å². The van der Waals surface area contributed by atoms with Crippen LogP contribution >= 0.6 is 0 Å². The lowest BCUT2D eigenvalue weighted by Gasteiger charge is -2.33. The molecule has 3 aromatic carbocycles. The molecule has 0 spiro atoms. The number of benzene rings is 3. The van der Waals surface area contributed by atoms with E-state index in [1.807, 2.05) is 38.1 Å². The summed E-state index contributed by atoms with van der Waals surface area (Å²) in [5.74, 6) is -13.6. The number of carboxylic acids is 1. The quantitative estimate of drug-likeness (QED) is 0.0149. The average molecular weight is 1620 g/mol. The van der Waals surface area contributed by atoms with E-state index in [9.17, 15) is 72.9 Å². The molecular weight excluding hydrogens is 1490 g/mol. The van der Waals surface area contributed by atoms with Gasteiger partial charge in [0.1, 0.15) is 29.9 Å². The molecule has 636 valence electrons. The standard InChI is InChI=1S/C84H122N14O18/c1-49(2)40-65(90-54(8)100)80(114)93-74(53(7)99)77(111)75(109)64(42-55-26-20-19-21-27-55)97-98-84(10)39-25-18-16-14-12-13-15-17-24-38-83(9,71(105)46-69(103)51(5)86-11)94-82(116)66(41-50(3)4)92-79(113)62(34-36-72(85)106)89-48-88-52(6)68(102)45-70(104)63(44-57-47-87-60-29-23-22-28-59(57)60)95-96-67(43-56-30-32-58(101)33-31-56)81(115)91-61(35-37-73(107)108)76(110)78(84)112/h13,15,19-23,26-33,47,49-53,61-67,74,86-89,95-99,101H,12,14,16-18,24-25,34-46,48H2,1-11H3,(H2,85,106)(H,90,100)(H,91,115)(H,92,113)(H,93,114)(H,94,116)(H,107,108)/t51-,52-,53+,61-,62-,63-,64-,65-,66-,67-,74-,83-,84+/m0/s1. The number of H-pyrrole nitrogens is 1. The number of phenolic OH excluding ortho intramolecular Hbond substituents is 1. The molecule has 2 heterocycles. The highest BCUT2D eigenvalue weighted by molar-refractivity contribution is 6.43. The topological polar surface area (TPSA) is 503 Å². The van der Waals surface area contributed by atoms with E-state index in [0.29, 0.717) is 66.1 Å². The second-order valence-corrected chi connectivity index (χ2v) is 31.6. The van der Waals surface area contributed by atoms with Gasteiger partial charge in [-0.3, -0.25) is 82.6 Å². The Morgan fingerprint density at radius 3 is 1.91 bits per heavy atom. The molecule has 1 aromatic heterocycles. The van der Waals surface area contributed by atoms with E-state index in [0.717, 1.165) is 0 Å². The number of carbonyl (C=O) groups excluding carboxylic acids is 14. The molecular formula is C84H122N14O18. The molecule has 116 heavy (non-hydrogen) atoms. The predicted molar refractivity (Wildman–Crippen MR) is 435 cm³/mol. The maximum absolute atomic E-state index is 15.5. The third kappa shape index (κ3) is 31.9. The van der Waals surface area contributed by atoms with E-state index in [1.165, 1.54) is 58.9 Å². The summed E-state index contributed by atoms with van der Waals surface area (Å²) in [5.41, 5.74) is 15.8. The van der Waals surface area contributed by atoms with Crippen LogP contribution < -0.4 is 70.0 Å². The summed E-state index contributed by atoms with van der Waals surface area (Å²) in [6.45, 7) is 15.4. The molecule has 32 heteroatoms. The number of amides is 6. The predicted octanol–water partition coefficient (Wildman–Crippen LogP) is 3.31. The number of aliphatic hydroxyl groups is 1. The van der Waals surface area contributed by atoms with Gasteiger partial charge in [0.25, 0.3) is 0 Å². The Kier molecular flexibility index (Phi) is 39.9. The maximum Gasteiger partial charge on any atom is 0.303 e. The largest absolute Gasteiger partial charge is 0.508 e. The van der Waals surface area contributed by atoms with Crippen molar-refractivity contribution in [2.75, 3.05) is 13.7 Å². The van der Waals surface area contributed by atoms with Crippen molar-refractivity contribution < 1.29 is 87.2 Å². The Labute approximate surface area is 678 Å². The number of aromatic amines is 1. The van der Waals surface area contributed by atoms with Crippen molar-refractivity contribution in [3.05, 3.63) is 114 Å². The van der Waals surface area contributed by atoms with Gasteiger partial charge in [0.2, 0.25) is 58.6 Å². The lowest BCUT2D eigenvalue weighted by Crippen LogP contribution is -2.65. The summed E-state index contributed by atoms with van der Waals surface area (Å²) < 4.78 is 0. The number of aromatic hydroxyl groups is 1. The number of hydrogen-bond acceptors (Lipinski definition) is 24. The number of carbonyl (C=O) groups is 15.